The van der Waals surface area contributed by atoms with E-state index in [1.54, 1.807) is 54.6 Å². The molecular weight excluding hydrogens is 471 g/mol. The Labute approximate surface area is 205 Å². The van der Waals surface area contributed by atoms with Crippen molar-refractivity contribution in [3.63, 3.8) is 0 Å². The first kappa shape index (κ1) is 23.1. The Kier molecular flexibility index (Phi) is 6.93. The third-order valence-electron chi connectivity index (χ3n) is 4.98. The topological polar surface area (TPSA) is 79.2 Å². The summed E-state index contributed by atoms with van der Waals surface area (Å²) in [4.78, 5) is 25.2. The van der Waals surface area contributed by atoms with E-state index in [0.29, 0.717) is 16.9 Å². The number of esters is 1. The minimum atomic E-state index is -0.649. The van der Waals surface area contributed by atoms with Gasteiger partial charge < -0.3 is 10.1 Å². The highest BCUT2D eigenvalue weighted by atomic mass is 35.5. The van der Waals surface area contributed by atoms with Crippen LogP contribution in [0.3, 0.4) is 0 Å². The molecule has 4 aromatic rings. The number of fused-ring (bicyclic) bond motifs is 1. The first-order valence-electron chi connectivity index (χ1n) is 10.1. The standard InChI is InChI=1S/C27H16Cl2N2O3/c28-23-9-4-10-24(29)25(23)31-26(32)19(16-30)15-17-11-13-20(14-12-17)34-27(33)22-8-3-6-18-5-1-2-7-21(18)22/h1-15H,(H,31,32)/b19-15+. The molecule has 7 heteroatoms. The van der Waals surface area contributed by atoms with Gasteiger partial charge in [-0.2, -0.15) is 5.26 Å². The minimum absolute atomic E-state index is 0.142. The summed E-state index contributed by atoms with van der Waals surface area (Å²) >= 11 is 12.1. The molecule has 0 spiro atoms. The van der Waals surface area contributed by atoms with Crippen molar-refractivity contribution in [1.29, 1.82) is 5.26 Å². The fraction of sp³-hybridized carbons (Fsp3) is 0. The molecule has 4 rings (SSSR count). The highest BCUT2D eigenvalue weighted by Gasteiger charge is 2.15. The lowest BCUT2D eigenvalue weighted by molar-refractivity contribution is -0.112. The largest absolute Gasteiger partial charge is 0.423 e. The highest BCUT2D eigenvalue weighted by Crippen LogP contribution is 2.30. The van der Waals surface area contributed by atoms with Crippen LogP contribution in [0.25, 0.3) is 16.8 Å². The average molecular weight is 487 g/mol. The summed E-state index contributed by atoms with van der Waals surface area (Å²) in [6.45, 7) is 0. The number of ether oxygens (including phenoxy) is 1. The molecule has 0 bridgehead atoms. The summed E-state index contributed by atoms with van der Waals surface area (Å²) < 4.78 is 5.51. The van der Waals surface area contributed by atoms with Gasteiger partial charge in [0.15, 0.2) is 0 Å². The van der Waals surface area contributed by atoms with E-state index in [9.17, 15) is 14.9 Å². The summed E-state index contributed by atoms with van der Waals surface area (Å²) in [7, 11) is 0. The maximum Gasteiger partial charge on any atom is 0.344 e. The number of anilines is 1. The van der Waals surface area contributed by atoms with Crippen molar-refractivity contribution in [3.8, 4) is 11.8 Å². The molecule has 166 valence electrons. The van der Waals surface area contributed by atoms with Crippen molar-refractivity contribution >= 4 is 57.6 Å². The van der Waals surface area contributed by atoms with Crippen molar-refractivity contribution in [3.05, 3.63) is 112 Å². The van der Waals surface area contributed by atoms with Crippen LogP contribution in [-0.2, 0) is 4.79 Å². The third-order valence-corrected chi connectivity index (χ3v) is 5.61. The van der Waals surface area contributed by atoms with E-state index in [1.165, 1.54) is 6.08 Å². The first-order valence-corrected chi connectivity index (χ1v) is 10.9. The van der Waals surface area contributed by atoms with Gasteiger partial charge in [0.05, 0.1) is 21.3 Å². The molecule has 0 unspecified atom stereocenters. The molecule has 0 fully saturated rings. The summed E-state index contributed by atoms with van der Waals surface area (Å²) in [5, 5.41) is 14.3. The second-order valence-corrected chi connectivity index (χ2v) is 8.02. The number of carbonyl (C=O) groups is 2. The molecule has 0 aliphatic rings. The Hall–Kier alpha value is -4.11. The van der Waals surface area contributed by atoms with Gasteiger partial charge in [0.1, 0.15) is 17.4 Å². The summed E-state index contributed by atoms with van der Waals surface area (Å²) in [6.07, 6.45) is 1.41. The molecule has 0 saturated carbocycles. The van der Waals surface area contributed by atoms with Crippen LogP contribution >= 0.6 is 23.2 Å². The number of hydrogen-bond acceptors (Lipinski definition) is 4. The molecule has 4 aromatic carbocycles. The fourth-order valence-corrected chi connectivity index (χ4v) is 3.80. The number of rotatable bonds is 5. The van der Waals surface area contributed by atoms with E-state index in [2.05, 4.69) is 5.32 Å². The maximum atomic E-state index is 12.7. The molecule has 0 aliphatic carbocycles. The molecule has 0 radical (unpaired) electrons. The van der Waals surface area contributed by atoms with Crippen LogP contribution in [0.4, 0.5) is 5.69 Å². The lowest BCUT2D eigenvalue weighted by Crippen LogP contribution is -2.14. The van der Waals surface area contributed by atoms with Gasteiger partial charge in [-0.25, -0.2) is 4.79 Å². The van der Waals surface area contributed by atoms with E-state index in [0.717, 1.165) is 10.8 Å². The molecule has 0 saturated heterocycles. The Morgan fingerprint density at radius 3 is 2.21 bits per heavy atom. The zero-order chi connectivity index (χ0) is 24.1. The monoisotopic (exact) mass is 486 g/mol. The lowest BCUT2D eigenvalue weighted by atomic mass is 10.0. The fourth-order valence-electron chi connectivity index (χ4n) is 3.31. The number of nitrogens with one attached hydrogen (secondary N) is 1. The lowest BCUT2D eigenvalue weighted by Gasteiger charge is -2.09. The van der Waals surface area contributed by atoms with Crippen LogP contribution < -0.4 is 10.1 Å². The highest BCUT2D eigenvalue weighted by molar-refractivity contribution is 6.40. The van der Waals surface area contributed by atoms with Gasteiger partial charge in [0, 0.05) is 0 Å². The van der Waals surface area contributed by atoms with Gasteiger partial charge in [0.2, 0.25) is 0 Å². The molecule has 0 atom stereocenters. The molecule has 5 nitrogen and oxygen atoms in total. The van der Waals surface area contributed by atoms with Gasteiger partial charge in [-0.1, -0.05) is 77.8 Å². The van der Waals surface area contributed by atoms with Crippen LogP contribution in [0, 0.1) is 11.3 Å². The number of amides is 1. The molecule has 0 aromatic heterocycles. The molecule has 1 N–H and O–H groups in total. The Morgan fingerprint density at radius 1 is 0.853 bits per heavy atom. The second kappa shape index (κ2) is 10.2. The molecular formula is C27H16Cl2N2O3. The number of para-hydroxylation sites is 1. The molecule has 34 heavy (non-hydrogen) atoms. The van der Waals surface area contributed by atoms with E-state index in [1.807, 2.05) is 36.4 Å². The van der Waals surface area contributed by atoms with Crippen LogP contribution in [0.5, 0.6) is 5.75 Å². The van der Waals surface area contributed by atoms with E-state index in [-0.39, 0.29) is 21.3 Å². The number of carbonyl (C=O) groups excluding carboxylic acids is 2. The molecule has 0 heterocycles. The van der Waals surface area contributed by atoms with Crippen molar-refractivity contribution in [2.24, 2.45) is 0 Å². The number of nitriles is 1. The van der Waals surface area contributed by atoms with Gasteiger partial charge in [0.25, 0.3) is 5.91 Å². The predicted octanol–water partition coefficient (Wildman–Crippen LogP) is 6.91. The average Bonchev–Trinajstić information content (AvgIpc) is 2.85. The maximum absolute atomic E-state index is 12.7. The predicted molar refractivity (Wildman–Crippen MR) is 134 cm³/mol. The van der Waals surface area contributed by atoms with Gasteiger partial charge in [-0.15, -0.1) is 0 Å². The summed E-state index contributed by atoms with van der Waals surface area (Å²) in [6, 6.07) is 26.1. The van der Waals surface area contributed by atoms with Crippen LogP contribution in [-0.4, -0.2) is 11.9 Å². The number of nitrogens with zero attached hydrogens (tertiary/aromatic N) is 1. The van der Waals surface area contributed by atoms with E-state index >= 15 is 0 Å². The number of hydrogen-bond donors (Lipinski definition) is 1. The summed E-state index contributed by atoms with van der Waals surface area (Å²) in [5.74, 6) is -0.793. The second-order valence-electron chi connectivity index (χ2n) is 7.21. The zero-order valence-corrected chi connectivity index (χ0v) is 19.1. The SMILES string of the molecule is N#C/C(=C\c1ccc(OC(=O)c2cccc3ccccc23)cc1)C(=O)Nc1c(Cl)cccc1Cl. The normalized spacial score (nSPS) is 11.0. The van der Waals surface area contributed by atoms with E-state index in [4.69, 9.17) is 27.9 Å². The minimum Gasteiger partial charge on any atom is -0.423 e. The Balaban J connectivity index is 1.49. The van der Waals surface area contributed by atoms with Crippen molar-refractivity contribution < 1.29 is 14.3 Å². The quantitative estimate of drug-likeness (QED) is 0.144. The molecule has 0 aliphatic heterocycles. The van der Waals surface area contributed by atoms with Gasteiger partial charge >= 0.3 is 5.97 Å². The first-order chi connectivity index (χ1) is 16.5. The Bertz CT molecular complexity index is 1450. The smallest absolute Gasteiger partial charge is 0.344 e. The van der Waals surface area contributed by atoms with Crippen LogP contribution in [0.1, 0.15) is 15.9 Å². The van der Waals surface area contributed by atoms with Crippen molar-refractivity contribution in [1.82, 2.24) is 0 Å². The van der Waals surface area contributed by atoms with Crippen LogP contribution in [0.15, 0.2) is 90.5 Å². The van der Waals surface area contributed by atoms with Gasteiger partial charge in [-0.3, -0.25) is 4.79 Å². The number of halogens is 2. The van der Waals surface area contributed by atoms with E-state index < -0.39 is 11.9 Å². The van der Waals surface area contributed by atoms with Crippen LogP contribution in [0.2, 0.25) is 10.0 Å². The molecule has 1 amide bonds. The Morgan fingerprint density at radius 2 is 1.50 bits per heavy atom. The zero-order valence-electron chi connectivity index (χ0n) is 17.6. The summed E-state index contributed by atoms with van der Waals surface area (Å²) in [5.41, 5.74) is 1.12. The third kappa shape index (κ3) is 5.10. The van der Waals surface area contributed by atoms with Gasteiger partial charge in [-0.05, 0) is 52.7 Å². The van der Waals surface area contributed by atoms with Crippen molar-refractivity contribution in [2.45, 2.75) is 0 Å². The van der Waals surface area contributed by atoms with Crippen molar-refractivity contribution in [2.75, 3.05) is 5.32 Å². The number of benzene rings is 4.